The highest BCUT2D eigenvalue weighted by Crippen LogP contribution is 2.06. The summed E-state index contributed by atoms with van der Waals surface area (Å²) in [6.07, 6.45) is 0.752. The summed E-state index contributed by atoms with van der Waals surface area (Å²) in [7, 11) is 0. The van der Waals surface area contributed by atoms with Crippen LogP contribution in [0.25, 0.3) is 0 Å². The summed E-state index contributed by atoms with van der Waals surface area (Å²) < 4.78 is 0. The summed E-state index contributed by atoms with van der Waals surface area (Å²) in [5, 5.41) is 19.7. The zero-order valence-electron chi connectivity index (χ0n) is 11.3. The molecule has 0 saturated carbocycles. The van der Waals surface area contributed by atoms with E-state index in [1.54, 1.807) is 0 Å². The van der Waals surface area contributed by atoms with Crippen molar-refractivity contribution in [3.05, 3.63) is 0 Å². The third-order valence-electron chi connectivity index (χ3n) is 2.65. The van der Waals surface area contributed by atoms with Crippen LogP contribution in [0.1, 0.15) is 39.5 Å². The van der Waals surface area contributed by atoms with Crippen LogP contribution in [0.5, 0.6) is 0 Å². The molecule has 0 unspecified atom stereocenters. The summed E-state index contributed by atoms with van der Waals surface area (Å²) in [5.74, 6) is -2.52. The minimum Gasteiger partial charge on any atom is -0.481 e. The summed E-state index contributed by atoms with van der Waals surface area (Å²) >= 11 is 0. The van der Waals surface area contributed by atoms with Gasteiger partial charge in [-0.05, 0) is 25.2 Å². The number of rotatable bonds is 9. The molecule has 0 aliphatic carbocycles. The standard InChI is InChI=1S/C12H22N2O5/c1-7(2)3-4-8(13)11(17)14-9(12(18)19)5-6-10(15)16/h7-9H,3-6,13H2,1-2H3,(H,14,17)(H,15,16)(H,18,19)/t8-,9-/m0/s1. The summed E-state index contributed by atoms with van der Waals surface area (Å²) in [5.41, 5.74) is 5.65. The maximum absolute atomic E-state index is 11.7. The molecule has 7 heteroatoms. The molecule has 2 atom stereocenters. The van der Waals surface area contributed by atoms with Gasteiger partial charge in [-0.3, -0.25) is 9.59 Å². The molecule has 19 heavy (non-hydrogen) atoms. The molecule has 7 nitrogen and oxygen atoms in total. The van der Waals surface area contributed by atoms with Gasteiger partial charge in [-0.1, -0.05) is 13.8 Å². The van der Waals surface area contributed by atoms with E-state index in [1.807, 2.05) is 13.8 Å². The number of carbonyl (C=O) groups is 3. The van der Waals surface area contributed by atoms with Gasteiger partial charge >= 0.3 is 11.9 Å². The van der Waals surface area contributed by atoms with Crippen LogP contribution in [0.4, 0.5) is 0 Å². The van der Waals surface area contributed by atoms with Crippen molar-refractivity contribution >= 4 is 17.8 Å². The van der Waals surface area contributed by atoms with E-state index < -0.39 is 29.9 Å². The van der Waals surface area contributed by atoms with Crippen LogP contribution >= 0.6 is 0 Å². The second-order valence-electron chi connectivity index (χ2n) is 4.91. The number of nitrogens with two attached hydrogens (primary N) is 1. The number of hydrogen-bond acceptors (Lipinski definition) is 4. The zero-order chi connectivity index (χ0) is 15.0. The Hall–Kier alpha value is -1.63. The average Bonchev–Trinajstić information content (AvgIpc) is 2.30. The van der Waals surface area contributed by atoms with Crippen molar-refractivity contribution in [3.8, 4) is 0 Å². The molecule has 110 valence electrons. The normalized spacial score (nSPS) is 13.9. The summed E-state index contributed by atoms with van der Waals surface area (Å²) in [6, 6.07) is -1.98. The molecule has 5 N–H and O–H groups in total. The predicted octanol–water partition coefficient (Wildman–Crippen LogP) is 0.184. The van der Waals surface area contributed by atoms with Crippen LogP contribution in [-0.2, 0) is 14.4 Å². The minimum atomic E-state index is -1.26. The molecule has 0 aromatic carbocycles. The first kappa shape index (κ1) is 17.4. The minimum absolute atomic E-state index is 0.159. The topological polar surface area (TPSA) is 130 Å². The molecule has 0 saturated heterocycles. The Labute approximate surface area is 112 Å². The molecule has 0 spiro atoms. The van der Waals surface area contributed by atoms with E-state index in [4.69, 9.17) is 15.9 Å². The van der Waals surface area contributed by atoms with Crippen LogP contribution in [0.3, 0.4) is 0 Å². The number of aliphatic carboxylic acids is 2. The van der Waals surface area contributed by atoms with Gasteiger partial charge in [0.25, 0.3) is 0 Å². The van der Waals surface area contributed by atoms with E-state index in [-0.39, 0.29) is 12.8 Å². The molecule has 0 aromatic heterocycles. The van der Waals surface area contributed by atoms with Gasteiger partial charge < -0.3 is 21.3 Å². The SMILES string of the molecule is CC(C)CC[C@H](N)C(=O)N[C@@H](CCC(=O)O)C(=O)O. The van der Waals surface area contributed by atoms with Crippen molar-refractivity contribution in [2.24, 2.45) is 11.7 Å². The number of amides is 1. The van der Waals surface area contributed by atoms with Crippen molar-refractivity contribution in [3.63, 3.8) is 0 Å². The average molecular weight is 274 g/mol. The first-order valence-corrected chi connectivity index (χ1v) is 6.24. The summed E-state index contributed by atoms with van der Waals surface area (Å²) in [4.78, 5) is 32.9. The van der Waals surface area contributed by atoms with E-state index in [0.717, 1.165) is 6.42 Å². The van der Waals surface area contributed by atoms with Crippen molar-refractivity contribution in [2.75, 3.05) is 0 Å². The lowest BCUT2D eigenvalue weighted by molar-refractivity contribution is -0.143. The second kappa shape index (κ2) is 8.47. The van der Waals surface area contributed by atoms with Gasteiger partial charge in [-0.2, -0.15) is 0 Å². The maximum Gasteiger partial charge on any atom is 0.326 e. The highest BCUT2D eigenvalue weighted by Gasteiger charge is 2.23. The van der Waals surface area contributed by atoms with Crippen molar-refractivity contribution in [1.82, 2.24) is 5.32 Å². The molecule has 0 aromatic rings. The van der Waals surface area contributed by atoms with Crippen LogP contribution in [0, 0.1) is 5.92 Å². The first-order valence-electron chi connectivity index (χ1n) is 6.24. The number of carboxylic acid groups (broad SMARTS) is 2. The van der Waals surface area contributed by atoms with Gasteiger partial charge in [-0.15, -0.1) is 0 Å². The van der Waals surface area contributed by atoms with E-state index in [2.05, 4.69) is 5.32 Å². The van der Waals surface area contributed by atoms with E-state index in [1.165, 1.54) is 0 Å². The Morgan fingerprint density at radius 3 is 2.11 bits per heavy atom. The number of hydrogen-bond donors (Lipinski definition) is 4. The third kappa shape index (κ3) is 8.15. The summed E-state index contributed by atoms with van der Waals surface area (Å²) in [6.45, 7) is 4.00. The number of carbonyl (C=O) groups excluding carboxylic acids is 1. The number of carboxylic acids is 2. The Bertz CT molecular complexity index is 330. The molecular formula is C12H22N2O5. The fourth-order valence-corrected chi connectivity index (χ4v) is 1.45. The molecule has 0 bridgehead atoms. The Morgan fingerprint density at radius 1 is 1.11 bits per heavy atom. The highest BCUT2D eigenvalue weighted by molar-refractivity contribution is 5.87. The van der Waals surface area contributed by atoms with Gasteiger partial charge in [0.2, 0.25) is 5.91 Å². The molecule has 0 aliphatic rings. The quantitative estimate of drug-likeness (QED) is 0.474. The Balaban J connectivity index is 4.29. The van der Waals surface area contributed by atoms with Crippen LogP contribution in [0.15, 0.2) is 0 Å². The van der Waals surface area contributed by atoms with Gasteiger partial charge in [0.05, 0.1) is 6.04 Å². The van der Waals surface area contributed by atoms with Crippen molar-refractivity contribution in [1.29, 1.82) is 0 Å². The second-order valence-corrected chi connectivity index (χ2v) is 4.91. The molecule has 0 aliphatic heterocycles. The monoisotopic (exact) mass is 274 g/mol. The fourth-order valence-electron chi connectivity index (χ4n) is 1.45. The lowest BCUT2D eigenvalue weighted by atomic mass is 10.0. The van der Waals surface area contributed by atoms with Crippen LogP contribution < -0.4 is 11.1 Å². The molecule has 0 fully saturated rings. The largest absolute Gasteiger partial charge is 0.481 e. The lowest BCUT2D eigenvalue weighted by Crippen LogP contribution is -2.48. The molecule has 0 heterocycles. The van der Waals surface area contributed by atoms with Gasteiger partial charge in [0.15, 0.2) is 0 Å². The van der Waals surface area contributed by atoms with E-state index in [9.17, 15) is 14.4 Å². The molecule has 0 rings (SSSR count). The van der Waals surface area contributed by atoms with E-state index >= 15 is 0 Å². The zero-order valence-corrected chi connectivity index (χ0v) is 11.3. The fraction of sp³-hybridized carbons (Fsp3) is 0.750. The van der Waals surface area contributed by atoms with E-state index in [0.29, 0.717) is 12.3 Å². The Kier molecular flexibility index (Phi) is 7.74. The van der Waals surface area contributed by atoms with Crippen molar-refractivity contribution < 1.29 is 24.6 Å². The van der Waals surface area contributed by atoms with Gasteiger partial charge in [0.1, 0.15) is 6.04 Å². The molecule has 0 radical (unpaired) electrons. The van der Waals surface area contributed by atoms with Gasteiger partial charge in [-0.25, -0.2) is 4.79 Å². The lowest BCUT2D eigenvalue weighted by Gasteiger charge is -2.17. The first-order chi connectivity index (χ1) is 8.73. The van der Waals surface area contributed by atoms with Crippen LogP contribution in [0.2, 0.25) is 0 Å². The number of nitrogens with one attached hydrogen (secondary N) is 1. The molecule has 1 amide bonds. The maximum atomic E-state index is 11.7. The highest BCUT2D eigenvalue weighted by atomic mass is 16.4. The Morgan fingerprint density at radius 2 is 1.68 bits per heavy atom. The molecular weight excluding hydrogens is 252 g/mol. The van der Waals surface area contributed by atoms with Crippen LogP contribution in [-0.4, -0.2) is 40.1 Å². The predicted molar refractivity (Wildman–Crippen MR) is 68.5 cm³/mol. The smallest absolute Gasteiger partial charge is 0.326 e. The van der Waals surface area contributed by atoms with Gasteiger partial charge in [0, 0.05) is 6.42 Å². The third-order valence-corrected chi connectivity index (χ3v) is 2.65. The van der Waals surface area contributed by atoms with Crippen molar-refractivity contribution in [2.45, 2.75) is 51.6 Å².